The van der Waals surface area contributed by atoms with Crippen molar-refractivity contribution in [1.29, 1.82) is 0 Å². The van der Waals surface area contributed by atoms with Crippen molar-refractivity contribution in [1.82, 2.24) is 4.72 Å². The van der Waals surface area contributed by atoms with E-state index in [1.54, 1.807) is 43.2 Å². The normalized spacial score (nSPS) is 16.7. The lowest BCUT2D eigenvalue weighted by Crippen LogP contribution is -2.28. The van der Waals surface area contributed by atoms with Gasteiger partial charge in [0.15, 0.2) is 0 Å². The molecule has 0 aromatic heterocycles. The van der Waals surface area contributed by atoms with Crippen molar-refractivity contribution in [3.05, 3.63) is 48.5 Å². The van der Waals surface area contributed by atoms with Gasteiger partial charge >= 0.3 is 0 Å². The molecule has 0 aliphatic carbocycles. The molecule has 1 atom stereocenters. The number of nitrogens with one attached hydrogen (secondary N) is 2. The van der Waals surface area contributed by atoms with Crippen LogP contribution in [0.3, 0.4) is 0 Å². The highest BCUT2D eigenvalue weighted by Crippen LogP contribution is 2.27. The van der Waals surface area contributed by atoms with Crippen molar-refractivity contribution < 1.29 is 22.7 Å². The topological polar surface area (TPSA) is 105 Å². The van der Waals surface area contributed by atoms with Crippen LogP contribution in [0.1, 0.15) is 13.3 Å². The van der Waals surface area contributed by atoms with E-state index in [2.05, 4.69) is 10.0 Å². The minimum atomic E-state index is -3.54. The summed E-state index contributed by atoms with van der Waals surface area (Å²) < 4.78 is 31.5. The van der Waals surface area contributed by atoms with Crippen LogP contribution >= 0.6 is 0 Å². The van der Waals surface area contributed by atoms with Crippen LogP contribution in [0.15, 0.2) is 53.4 Å². The summed E-state index contributed by atoms with van der Waals surface area (Å²) in [5, 5.41) is 2.75. The van der Waals surface area contributed by atoms with Crippen molar-refractivity contribution in [3.8, 4) is 5.75 Å². The van der Waals surface area contributed by atoms with E-state index in [1.165, 1.54) is 24.3 Å². The van der Waals surface area contributed by atoms with Crippen molar-refractivity contribution in [2.75, 3.05) is 30.4 Å². The molecule has 3 rings (SSSR count). The van der Waals surface area contributed by atoms with Crippen molar-refractivity contribution in [2.45, 2.75) is 18.2 Å². The van der Waals surface area contributed by atoms with Gasteiger partial charge in [-0.15, -0.1) is 0 Å². The van der Waals surface area contributed by atoms with Crippen LogP contribution in [-0.2, 0) is 19.6 Å². The Labute approximate surface area is 169 Å². The van der Waals surface area contributed by atoms with E-state index < -0.39 is 15.9 Å². The van der Waals surface area contributed by atoms with Gasteiger partial charge in [0.05, 0.1) is 17.9 Å². The summed E-state index contributed by atoms with van der Waals surface area (Å²) in [5.74, 6) is -0.205. The van der Waals surface area contributed by atoms with Crippen LogP contribution in [0.4, 0.5) is 11.4 Å². The lowest BCUT2D eigenvalue weighted by molar-refractivity contribution is -0.122. The Hall–Kier alpha value is -2.91. The quantitative estimate of drug-likeness (QED) is 0.717. The fraction of sp³-hybridized carbons (Fsp3) is 0.300. The molecular weight excluding hydrogens is 394 g/mol. The number of nitrogens with zero attached hydrogens (tertiary/aromatic N) is 1. The van der Waals surface area contributed by atoms with Gasteiger partial charge in [-0.3, -0.25) is 9.59 Å². The third-order valence-corrected chi connectivity index (χ3v) is 6.21. The van der Waals surface area contributed by atoms with Gasteiger partial charge in [0.1, 0.15) is 5.75 Å². The molecule has 2 aromatic rings. The van der Waals surface area contributed by atoms with Crippen LogP contribution in [0.5, 0.6) is 5.75 Å². The summed E-state index contributed by atoms with van der Waals surface area (Å²) >= 11 is 0. The van der Waals surface area contributed by atoms with Crippen LogP contribution in [-0.4, -0.2) is 40.4 Å². The smallest absolute Gasteiger partial charge is 0.240 e. The highest BCUT2D eigenvalue weighted by molar-refractivity contribution is 7.89. The van der Waals surface area contributed by atoms with Gasteiger partial charge in [0.2, 0.25) is 21.8 Å². The Bertz CT molecular complexity index is 988. The molecule has 0 spiro atoms. The summed E-state index contributed by atoms with van der Waals surface area (Å²) in [6, 6.07) is 13.0. The van der Waals surface area contributed by atoms with Gasteiger partial charge in [-0.1, -0.05) is 6.92 Å². The SMILES string of the molecule is CCNS(=O)(=O)c1ccc(NC(=O)[C@@H]2CC(=O)N(c3ccc(OC)cc3)C2)cc1. The molecule has 2 amide bonds. The number of hydrogen-bond donors (Lipinski definition) is 2. The Balaban J connectivity index is 1.64. The van der Waals surface area contributed by atoms with Crippen LogP contribution in [0, 0.1) is 5.92 Å². The van der Waals surface area contributed by atoms with Crippen molar-refractivity contribution in [3.63, 3.8) is 0 Å². The average molecular weight is 417 g/mol. The van der Waals surface area contributed by atoms with E-state index in [-0.39, 0.29) is 29.7 Å². The molecule has 2 N–H and O–H groups in total. The van der Waals surface area contributed by atoms with E-state index in [4.69, 9.17) is 4.74 Å². The molecule has 2 aromatic carbocycles. The largest absolute Gasteiger partial charge is 0.497 e. The Morgan fingerprint density at radius 1 is 1.14 bits per heavy atom. The molecule has 29 heavy (non-hydrogen) atoms. The summed E-state index contributed by atoms with van der Waals surface area (Å²) in [5.41, 5.74) is 1.19. The predicted octanol–water partition coefficient (Wildman–Crippen LogP) is 1.98. The van der Waals surface area contributed by atoms with Gasteiger partial charge in [-0.05, 0) is 48.5 Å². The number of carbonyl (C=O) groups excluding carboxylic acids is 2. The Morgan fingerprint density at radius 3 is 2.38 bits per heavy atom. The van der Waals surface area contributed by atoms with Crippen molar-refractivity contribution in [2.24, 2.45) is 5.92 Å². The first-order chi connectivity index (χ1) is 13.8. The molecule has 0 bridgehead atoms. The lowest BCUT2D eigenvalue weighted by atomic mass is 10.1. The number of hydrogen-bond acceptors (Lipinski definition) is 5. The van der Waals surface area contributed by atoms with Gasteiger partial charge < -0.3 is 15.0 Å². The summed E-state index contributed by atoms with van der Waals surface area (Å²) in [6.07, 6.45) is 0.116. The summed E-state index contributed by atoms with van der Waals surface area (Å²) in [6.45, 7) is 2.27. The molecule has 0 saturated carbocycles. The van der Waals surface area contributed by atoms with E-state index in [9.17, 15) is 18.0 Å². The average Bonchev–Trinajstić information content (AvgIpc) is 3.10. The number of carbonyl (C=O) groups is 2. The molecule has 1 aliphatic rings. The second kappa shape index (κ2) is 8.62. The summed E-state index contributed by atoms with van der Waals surface area (Å²) in [4.78, 5) is 26.6. The van der Waals surface area contributed by atoms with Crippen LogP contribution < -0.4 is 19.7 Å². The van der Waals surface area contributed by atoms with Gasteiger partial charge in [0.25, 0.3) is 0 Å². The van der Waals surface area contributed by atoms with E-state index in [1.807, 2.05) is 0 Å². The first-order valence-corrected chi connectivity index (χ1v) is 10.7. The maximum atomic E-state index is 12.6. The van der Waals surface area contributed by atoms with E-state index in [0.717, 1.165) is 0 Å². The van der Waals surface area contributed by atoms with Crippen LogP contribution in [0.25, 0.3) is 0 Å². The molecule has 1 aliphatic heterocycles. The summed E-state index contributed by atoms with van der Waals surface area (Å²) in [7, 11) is -1.98. The molecule has 1 heterocycles. The molecule has 1 saturated heterocycles. The zero-order chi connectivity index (χ0) is 21.0. The van der Waals surface area contributed by atoms with E-state index >= 15 is 0 Å². The third kappa shape index (κ3) is 4.75. The van der Waals surface area contributed by atoms with E-state index in [0.29, 0.717) is 23.7 Å². The second-order valence-corrected chi connectivity index (χ2v) is 8.39. The monoisotopic (exact) mass is 417 g/mol. The minimum Gasteiger partial charge on any atom is -0.497 e. The fourth-order valence-corrected chi connectivity index (χ4v) is 4.17. The molecule has 0 radical (unpaired) electrons. The second-order valence-electron chi connectivity index (χ2n) is 6.62. The van der Waals surface area contributed by atoms with Crippen LogP contribution in [0.2, 0.25) is 0 Å². The number of ether oxygens (including phenoxy) is 1. The molecule has 1 fully saturated rings. The molecule has 8 nitrogen and oxygen atoms in total. The highest BCUT2D eigenvalue weighted by atomic mass is 32.2. The zero-order valence-electron chi connectivity index (χ0n) is 16.2. The number of rotatable bonds is 7. The number of sulfonamides is 1. The van der Waals surface area contributed by atoms with Gasteiger partial charge in [0, 0.05) is 30.9 Å². The maximum Gasteiger partial charge on any atom is 0.240 e. The molecular formula is C20H23N3O5S. The number of amides is 2. The maximum absolute atomic E-state index is 12.6. The minimum absolute atomic E-state index is 0.116. The molecule has 9 heteroatoms. The van der Waals surface area contributed by atoms with Crippen molar-refractivity contribution >= 4 is 33.2 Å². The standard InChI is InChI=1S/C20H23N3O5S/c1-3-21-29(26,27)18-10-4-15(5-11-18)22-20(25)14-12-19(24)23(13-14)16-6-8-17(28-2)9-7-16/h4-11,14,21H,3,12-13H2,1-2H3,(H,22,25)/t14-/m1/s1. The first-order valence-electron chi connectivity index (χ1n) is 9.19. The Kier molecular flexibility index (Phi) is 6.19. The highest BCUT2D eigenvalue weighted by Gasteiger charge is 2.35. The zero-order valence-corrected chi connectivity index (χ0v) is 17.0. The molecule has 0 unspecified atom stereocenters. The number of benzene rings is 2. The Morgan fingerprint density at radius 2 is 1.79 bits per heavy atom. The van der Waals surface area contributed by atoms with Gasteiger partial charge in [-0.2, -0.15) is 0 Å². The fourth-order valence-electron chi connectivity index (χ4n) is 3.13. The lowest BCUT2D eigenvalue weighted by Gasteiger charge is -2.17. The number of methoxy groups -OCH3 is 1. The third-order valence-electron chi connectivity index (χ3n) is 4.65. The number of anilines is 2. The van der Waals surface area contributed by atoms with Gasteiger partial charge in [-0.25, -0.2) is 13.1 Å². The molecule has 154 valence electrons. The first kappa shape index (κ1) is 20.8. The predicted molar refractivity (Wildman–Crippen MR) is 109 cm³/mol.